The Morgan fingerprint density at radius 2 is 2.11 bits per heavy atom. The molecule has 102 valence electrons. The smallest absolute Gasteiger partial charge is 0.0618 e. The van der Waals surface area contributed by atoms with Gasteiger partial charge in [0.05, 0.1) is 6.61 Å². The zero-order valence-corrected chi connectivity index (χ0v) is 12.0. The standard InChI is InChI=1S/C14H23ClN2O/c1-17(13(11-18-2)7-5-9-16)10-12-6-3-4-8-14(12)15/h3-4,6,8,13H,5,7,9-11,16H2,1-2H3. The fraction of sp³-hybridized carbons (Fsp3) is 0.571. The van der Waals surface area contributed by atoms with Crippen molar-refractivity contribution < 1.29 is 4.74 Å². The number of ether oxygens (including phenoxy) is 1. The average molecular weight is 271 g/mol. The lowest BCUT2D eigenvalue weighted by atomic mass is 10.1. The molecule has 0 aliphatic heterocycles. The van der Waals surface area contributed by atoms with Crippen molar-refractivity contribution in [3.63, 3.8) is 0 Å². The highest BCUT2D eigenvalue weighted by Gasteiger charge is 2.15. The Morgan fingerprint density at radius 1 is 1.39 bits per heavy atom. The molecule has 0 radical (unpaired) electrons. The van der Waals surface area contributed by atoms with E-state index >= 15 is 0 Å². The van der Waals surface area contributed by atoms with Gasteiger partial charge in [-0.15, -0.1) is 0 Å². The molecule has 0 saturated heterocycles. The van der Waals surface area contributed by atoms with Gasteiger partial charge in [0, 0.05) is 24.7 Å². The zero-order valence-electron chi connectivity index (χ0n) is 11.2. The first-order valence-electron chi connectivity index (χ1n) is 6.31. The third-order valence-corrected chi connectivity index (χ3v) is 3.47. The van der Waals surface area contributed by atoms with Crippen LogP contribution in [0.4, 0.5) is 0 Å². The molecular weight excluding hydrogens is 248 g/mol. The van der Waals surface area contributed by atoms with Crippen molar-refractivity contribution in [3.8, 4) is 0 Å². The monoisotopic (exact) mass is 270 g/mol. The largest absolute Gasteiger partial charge is 0.383 e. The van der Waals surface area contributed by atoms with Gasteiger partial charge in [0.2, 0.25) is 0 Å². The summed E-state index contributed by atoms with van der Waals surface area (Å²) in [4.78, 5) is 2.28. The average Bonchev–Trinajstić information content (AvgIpc) is 2.37. The maximum Gasteiger partial charge on any atom is 0.0618 e. The Balaban J connectivity index is 2.60. The predicted molar refractivity (Wildman–Crippen MR) is 76.9 cm³/mol. The second kappa shape index (κ2) is 8.48. The maximum absolute atomic E-state index is 6.18. The molecule has 2 N–H and O–H groups in total. The van der Waals surface area contributed by atoms with Crippen molar-refractivity contribution in [1.82, 2.24) is 4.90 Å². The van der Waals surface area contributed by atoms with Crippen molar-refractivity contribution in [2.45, 2.75) is 25.4 Å². The van der Waals surface area contributed by atoms with Gasteiger partial charge >= 0.3 is 0 Å². The van der Waals surface area contributed by atoms with Gasteiger partial charge in [0.1, 0.15) is 0 Å². The minimum atomic E-state index is 0.384. The van der Waals surface area contributed by atoms with Gasteiger partial charge < -0.3 is 10.5 Å². The van der Waals surface area contributed by atoms with Crippen molar-refractivity contribution >= 4 is 11.6 Å². The molecule has 0 spiro atoms. The summed E-state index contributed by atoms with van der Waals surface area (Å²) in [5, 5.41) is 0.819. The van der Waals surface area contributed by atoms with E-state index in [9.17, 15) is 0 Å². The molecule has 0 aliphatic rings. The molecule has 1 rings (SSSR count). The summed E-state index contributed by atoms with van der Waals surface area (Å²) in [7, 11) is 3.84. The number of nitrogens with zero attached hydrogens (tertiary/aromatic N) is 1. The molecule has 0 saturated carbocycles. The minimum absolute atomic E-state index is 0.384. The molecule has 1 atom stereocenters. The SMILES string of the molecule is COCC(CCCN)N(C)Cc1ccccc1Cl. The lowest BCUT2D eigenvalue weighted by Gasteiger charge is -2.27. The van der Waals surface area contributed by atoms with Crippen LogP contribution < -0.4 is 5.73 Å². The first-order valence-corrected chi connectivity index (χ1v) is 6.69. The maximum atomic E-state index is 6.18. The Hall–Kier alpha value is -0.610. The highest BCUT2D eigenvalue weighted by molar-refractivity contribution is 6.31. The van der Waals surface area contributed by atoms with Gasteiger partial charge in [0.25, 0.3) is 0 Å². The molecule has 3 nitrogen and oxygen atoms in total. The van der Waals surface area contributed by atoms with Gasteiger partial charge in [-0.05, 0) is 38.1 Å². The number of hydrogen-bond acceptors (Lipinski definition) is 3. The lowest BCUT2D eigenvalue weighted by Crippen LogP contribution is -2.35. The number of benzene rings is 1. The van der Waals surface area contributed by atoms with Crippen molar-refractivity contribution in [2.75, 3.05) is 27.3 Å². The van der Waals surface area contributed by atoms with Gasteiger partial charge in [-0.25, -0.2) is 0 Å². The molecule has 0 heterocycles. The van der Waals surface area contributed by atoms with Crippen LogP contribution in [0.15, 0.2) is 24.3 Å². The van der Waals surface area contributed by atoms with Crippen LogP contribution in [0, 0.1) is 0 Å². The van der Waals surface area contributed by atoms with Crippen LogP contribution in [0.5, 0.6) is 0 Å². The van der Waals surface area contributed by atoms with E-state index in [1.807, 2.05) is 18.2 Å². The van der Waals surface area contributed by atoms with Gasteiger partial charge in [-0.3, -0.25) is 4.90 Å². The van der Waals surface area contributed by atoms with Crippen LogP contribution in [-0.2, 0) is 11.3 Å². The molecule has 1 unspecified atom stereocenters. The van der Waals surface area contributed by atoms with E-state index in [0.717, 1.165) is 43.1 Å². The summed E-state index contributed by atoms with van der Waals surface area (Å²) in [5.41, 5.74) is 6.72. The summed E-state index contributed by atoms with van der Waals surface area (Å²) < 4.78 is 5.27. The first kappa shape index (κ1) is 15.4. The van der Waals surface area contributed by atoms with Crippen LogP contribution in [-0.4, -0.2) is 38.3 Å². The zero-order chi connectivity index (χ0) is 13.4. The number of nitrogens with two attached hydrogens (primary N) is 1. The van der Waals surface area contributed by atoms with Gasteiger partial charge in [-0.2, -0.15) is 0 Å². The van der Waals surface area contributed by atoms with E-state index in [0.29, 0.717) is 6.04 Å². The fourth-order valence-electron chi connectivity index (χ4n) is 2.00. The Bertz CT molecular complexity index is 346. The molecular formula is C14H23ClN2O. The molecule has 0 aliphatic carbocycles. The molecule has 18 heavy (non-hydrogen) atoms. The van der Waals surface area contributed by atoms with Crippen LogP contribution >= 0.6 is 11.6 Å². The Morgan fingerprint density at radius 3 is 2.72 bits per heavy atom. The van der Waals surface area contributed by atoms with E-state index in [-0.39, 0.29) is 0 Å². The highest BCUT2D eigenvalue weighted by atomic mass is 35.5. The summed E-state index contributed by atoms with van der Waals surface area (Å²) in [6.07, 6.45) is 2.06. The van der Waals surface area contributed by atoms with E-state index in [1.165, 1.54) is 0 Å². The van der Waals surface area contributed by atoms with Crippen LogP contribution in [0.25, 0.3) is 0 Å². The summed E-state index contributed by atoms with van der Waals surface area (Å²) in [6.45, 7) is 2.28. The van der Waals surface area contributed by atoms with E-state index in [2.05, 4.69) is 18.0 Å². The van der Waals surface area contributed by atoms with Gasteiger partial charge in [0.15, 0.2) is 0 Å². The number of methoxy groups -OCH3 is 1. The molecule has 1 aromatic carbocycles. The third-order valence-electron chi connectivity index (χ3n) is 3.10. The predicted octanol–water partition coefficient (Wildman–Crippen LogP) is 2.53. The van der Waals surface area contributed by atoms with E-state index < -0.39 is 0 Å². The minimum Gasteiger partial charge on any atom is -0.383 e. The van der Waals surface area contributed by atoms with E-state index in [4.69, 9.17) is 22.1 Å². The lowest BCUT2D eigenvalue weighted by molar-refractivity contribution is 0.0962. The molecule has 0 aromatic heterocycles. The number of rotatable bonds is 8. The molecule has 1 aromatic rings. The quantitative estimate of drug-likeness (QED) is 0.789. The first-order chi connectivity index (χ1) is 8.69. The third kappa shape index (κ3) is 4.94. The Labute approximate surface area is 115 Å². The van der Waals surface area contributed by atoms with Crippen molar-refractivity contribution in [1.29, 1.82) is 0 Å². The fourth-order valence-corrected chi connectivity index (χ4v) is 2.20. The topological polar surface area (TPSA) is 38.5 Å². The molecule has 0 fully saturated rings. The Kier molecular flexibility index (Phi) is 7.28. The van der Waals surface area contributed by atoms with Crippen LogP contribution in [0.2, 0.25) is 5.02 Å². The number of hydrogen-bond donors (Lipinski definition) is 1. The number of halogens is 1. The summed E-state index contributed by atoms with van der Waals surface area (Å²) >= 11 is 6.18. The van der Waals surface area contributed by atoms with Crippen molar-refractivity contribution in [2.24, 2.45) is 5.73 Å². The highest BCUT2D eigenvalue weighted by Crippen LogP contribution is 2.18. The van der Waals surface area contributed by atoms with Crippen LogP contribution in [0.1, 0.15) is 18.4 Å². The molecule has 0 bridgehead atoms. The van der Waals surface area contributed by atoms with Gasteiger partial charge in [-0.1, -0.05) is 29.8 Å². The molecule has 4 heteroatoms. The normalized spacial score (nSPS) is 12.9. The second-order valence-electron chi connectivity index (χ2n) is 4.55. The summed E-state index contributed by atoms with van der Waals surface area (Å²) in [6, 6.07) is 8.34. The number of likely N-dealkylation sites (N-methyl/N-ethyl adjacent to an activating group) is 1. The summed E-state index contributed by atoms with van der Waals surface area (Å²) in [5.74, 6) is 0. The van der Waals surface area contributed by atoms with Crippen LogP contribution in [0.3, 0.4) is 0 Å². The molecule has 0 amide bonds. The van der Waals surface area contributed by atoms with Crippen molar-refractivity contribution in [3.05, 3.63) is 34.9 Å². The second-order valence-corrected chi connectivity index (χ2v) is 4.95. The van der Waals surface area contributed by atoms with E-state index in [1.54, 1.807) is 7.11 Å².